The van der Waals surface area contributed by atoms with E-state index >= 15 is 0 Å². The lowest BCUT2D eigenvalue weighted by Gasteiger charge is -2.16. The number of hydrogen-bond donors (Lipinski definition) is 1. The second-order valence-electron chi connectivity index (χ2n) is 4.72. The van der Waals surface area contributed by atoms with Crippen molar-refractivity contribution >= 4 is 31.9 Å². The van der Waals surface area contributed by atoms with E-state index in [4.69, 9.17) is 15.2 Å². The van der Waals surface area contributed by atoms with Crippen LogP contribution in [-0.2, 0) is 6.61 Å². The maximum absolute atomic E-state index is 5.99. The normalized spacial score (nSPS) is 12.0. The summed E-state index contributed by atoms with van der Waals surface area (Å²) in [7, 11) is 1.65. The van der Waals surface area contributed by atoms with Crippen LogP contribution in [0.25, 0.3) is 0 Å². The van der Waals surface area contributed by atoms with Gasteiger partial charge in [0.15, 0.2) is 0 Å². The molecule has 0 bridgehead atoms. The van der Waals surface area contributed by atoms with Crippen LogP contribution in [0.4, 0.5) is 0 Å². The number of halogens is 2. The third-order valence-corrected chi connectivity index (χ3v) is 4.08. The average molecular weight is 415 g/mol. The number of methoxy groups -OCH3 is 1. The van der Waals surface area contributed by atoms with Gasteiger partial charge in [0.25, 0.3) is 0 Å². The van der Waals surface area contributed by atoms with Crippen LogP contribution in [0.1, 0.15) is 24.1 Å². The monoisotopic (exact) mass is 413 g/mol. The minimum Gasteiger partial charge on any atom is -0.496 e. The third kappa shape index (κ3) is 4.22. The first-order chi connectivity index (χ1) is 10.0. The lowest BCUT2D eigenvalue weighted by molar-refractivity contribution is 0.292. The zero-order valence-electron chi connectivity index (χ0n) is 11.9. The molecule has 0 spiro atoms. The fourth-order valence-electron chi connectivity index (χ4n) is 2.02. The lowest BCUT2D eigenvalue weighted by Crippen LogP contribution is -2.08. The first-order valence-electron chi connectivity index (χ1n) is 6.51. The van der Waals surface area contributed by atoms with Crippen molar-refractivity contribution < 1.29 is 9.47 Å². The predicted molar refractivity (Wildman–Crippen MR) is 91.8 cm³/mol. The van der Waals surface area contributed by atoms with E-state index in [0.717, 1.165) is 31.6 Å². The van der Waals surface area contributed by atoms with Crippen LogP contribution in [0.3, 0.4) is 0 Å². The molecule has 0 aliphatic heterocycles. The van der Waals surface area contributed by atoms with Crippen LogP contribution < -0.4 is 15.2 Å². The first-order valence-corrected chi connectivity index (χ1v) is 8.10. The summed E-state index contributed by atoms with van der Waals surface area (Å²) in [6, 6.07) is 11.6. The van der Waals surface area contributed by atoms with Gasteiger partial charge in [-0.15, -0.1) is 0 Å². The van der Waals surface area contributed by atoms with E-state index in [1.807, 2.05) is 43.3 Å². The van der Waals surface area contributed by atoms with E-state index in [0.29, 0.717) is 6.61 Å². The molecule has 1 atom stereocenters. The van der Waals surface area contributed by atoms with Crippen molar-refractivity contribution in [2.75, 3.05) is 7.11 Å². The summed E-state index contributed by atoms with van der Waals surface area (Å²) >= 11 is 6.92. The molecule has 0 saturated heterocycles. The molecule has 0 aromatic heterocycles. The highest BCUT2D eigenvalue weighted by molar-refractivity contribution is 9.10. The fourth-order valence-corrected chi connectivity index (χ4v) is 2.77. The highest BCUT2D eigenvalue weighted by atomic mass is 79.9. The molecular weight excluding hydrogens is 398 g/mol. The Morgan fingerprint density at radius 3 is 2.38 bits per heavy atom. The summed E-state index contributed by atoms with van der Waals surface area (Å²) in [6.45, 7) is 2.36. The Kier molecular flexibility index (Phi) is 5.67. The summed E-state index contributed by atoms with van der Waals surface area (Å²) < 4.78 is 13.3. The number of rotatable bonds is 5. The van der Waals surface area contributed by atoms with Gasteiger partial charge in [0, 0.05) is 26.1 Å². The van der Waals surface area contributed by atoms with Gasteiger partial charge in [-0.25, -0.2) is 0 Å². The van der Waals surface area contributed by atoms with Gasteiger partial charge in [-0.05, 0) is 37.3 Å². The van der Waals surface area contributed by atoms with Crippen molar-refractivity contribution in [1.82, 2.24) is 0 Å². The molecule has 2 aromatic carbocycles. The van der Waals surface area contributed by atoms with E-state index in [1.165, 1.54) is 0 Å². The molecule has 0 aliphatic carbocycles. The quantitative estimate of drug-likeness (QED) is 0.762. The summed E-state index contributed by atoms with van der Waals surface area (Å²) in [5.74, 6) is 1.58. The van der Waals surface area contributed by atoms with E-state index in [-0.39, 0.29) is 6.04 Å². The molecule has 1 unspecified atom stereocenters. The van der Waals surface area contributed by atoms with Crippen LogP contribution in [0.2, 0.25) is 0 Å². The maximum Gasteiger partial charge on any atom is 0.125 e. The highest BCUT2D eigenvalue weighted by Gasteiger charge is 2.11. The molecule has 21 heavy (non-hydrogen) atoms. The first kappa shape index (κ1) is 16.3. The Balaban J connectivity index is 2.24. The second kappa shape index (κ2) is 7.29. The molecule has 0 aliphatic rings. The van der Waals surface area contributed by atoms with Gasteiger partial charge in [0.05, 0.1) is 7.11 Å². The van der Waals surface area contributed by atoms with E-state index < -0.39 is 0 Å². The van der Waals surface area contributed by atoms with Gasteiger partial charge in [-0.3, -0.25) is 0 Å². The van der Waals surface area contributed by atoms with E-state index in [1.54, 1.807) is 7.11 Å². The topological polar surface area (TPSA) is 44.5 Å². The van der Waals surface area contributed by atoms with Gasteiger partial charge in [-0.1, -0.05) is 37.9 Å². The van der Waals surface area contributed by atoms with Gasteiger partial charge >= 0.3 is 0 Å². The van der Waals surface area contributed by atoms with Crippen LogP contribution in [0.15, 0.2) is 45.3 Å². The summed E-state index contributed by atoms with van der Waals surface area (Å²) in [5, 5.41) is 0. The average Bonchev–Trinajstić information content (AvgIpc) is 2.45. The molecule has 0 fully saturated rings. The number of nitrogens with two attached hydrogens (primary N) is 1. The van der Waals surface area contributed by atoms with Crippen molar-refractivity contribution in [2.45, 2.75) is 19.6 Å². The molecule has 2 aromatic rings. The molecule has 3 nitrogen and oxygen atoms in total. The molecule has 112 valence electrons. The van der Waals surface area contributed by atoms with Crippen LogP contribution in [-0.4, -0.2) is 7.11 Å². The van der Waals surface area contributed by atoms with Crippen molar-refractivity contribution in [3.8, 4) is 11.5 Å². The number of ether oxygens (including phenoxy) is 2. The summed E-state index contributed by atoms with van der Waals surface area (Å²) in [6.07, 6.45) is 0. The zero-order valence-corrected chi connectivity index (χ0v) is 15.1. The van der Waals surface area contributed by atoms with Gasteiger partial charge in [0.2, 0.25) is 0 Å². The Bertz CT molecular complexity index is 630. The Labute approximate surface area is 141 Å². The Hall–Kier alpha value is -1.04. The van der Waals surface area contributed by atoms with Crippen molar-refractivity contribution in [3.63, 3.8) is 0 Å². The van der Waals surface area contributed by atoms with Crippen LogP contribution in [0.5, 0.6) is 11.5 Å². The molecular formula is C16H17Br2NO2. The minimum atomic E-state index is -0.0856. The van der Waals surface area contributed by atoms with Crippen molar-refractivity contribution in [1.29, 1.82) is 0 Å². The Morgan fingerprint density at radius 2 is 1.71 bits per heavy atom. The second-order valence-corrected chi connectivity index (χ2v) is 6.55. The van der Waals surface area contributed by atoms with Crippen LogP contribution >= 0.6 is 31.9 Å². The third-order valence-electron chi connectivity index (χ3n) is 3.09. The molecule has 0 amide bonds. The number of benzene rings is 2. The van der Waals surface area contributed by atoms with Gasteiger partial charge in [0.1, 0.15) is 18.1 Å². The lowest BCUT2D eigenvalue weighted by atomic mass is 10.1. The van der Waals surface area contributed by atoms with Crippen molar-refractivity contribution in [2.24, 2.45) is 5.73 Å². The standard InChI is InChI=1S/C16H17Br2NO2/c1-10(19)14-5-3-13(18)8-16(14)21-9-11-7-12(17)4-6-15(11)20-2/h3-8,10H,9,19H2,1-2H3. The summed E-state index contributed by atoms with van der Waals surface area (Å²) in [5.41, 5.74) is 7.94. The predicted octanol–water partition coefficient (Wildman–Crippen LogP) is 4.82. The fraction of sp³-hybridized carbons (Fsp3) is 0.250. The zero-order chi connectivity index (χ0) is 15.4. The largest absolute Gasteiger partial charge is 0.496 e. The minimum absolute atomic E-state index is 0.0856. The van der Waals surface area contributed by atoms with Gasteiger partial charge < -0.3 is 15.2 Å². The van der Waals surface area contributed by atoms with Gasteiger partial charge in [-0.2, -0.15) is 0 Å². The highest BCUT2D eigenvalue weighted by Crippen LogP contribution is 2.30. The smallest absolute Gasteiger partial charge is 0.125 e. The van der Waals surface area contributed by atoms with E-state index in [2.05, 4.69) is 31.9 Å². The van der Waals surface area contributed by atoms with E-state index in [9.17, 15) is 0 Å². The molecule has 0 radical (unpaired) electrons. The number of hydrogen-bond acceptors (Lipinski definition) is 3. The molecule has 2 rings (SSSR count). The molecule has 5 heteroatoms. The molecule has 0 saturated carbocycles. The SMILES string of the molecule is COc1ccc(Br)cc1COc1cc(Br)ccc1C(C)N. The Morgan fingerprint density at radius 1 is 1.05 bits per heavy atom. The van der Waals surface area contributed by atoms with Crippen LogP contribution in [0, 0.1) is 0 Å². The molecule has 2 N–H and O–H groups in total. The molecule has 0 heterocycles. The van der Waals surface area contributed by atoms with Crippen molar-refractivity contribution in [3.05, 3.63) is 56.5 Å². The maximum atomic E-state index is 5.99. The summed E-state index contributed by atoms with van der Waals surface area (Å²) in [4.78, 5) is 0.